The highest BCUT2D eigenvalue weighted by atomic mass is 16.5. The van der Waals surface area contributed by atoms with Gasteiger partial charge >= 0.3 is 5.97 Å². The molecule has 0 radical (unpaired) electrons. The van der Waals surface area contributed by atoms with Gasteiger partial charge in [-0.3, -0.25) is 4.79 Å². The van der Waals surface area contributed by atoms with Gasteiger partial charge in [0, 0.05) is 5.56 Å². The number of hydrogen-bond acceptors (Lipinski definition) is 5. The molecule has 110 valence electrons. The molecule has 20 heavy (non-hydrogen) atoms. The van der Waals surface area contributed by atoms with Crippen LogP contribution in [0.5, 0.6) is 5.75 Å². The first-order valence-corrected chi connectivity index (χ1v) is 6.10. The number of carbonyl (C=O) groups is 2. The second-order valence-electron chi connectivity index (χ2n) is 4.71. The third-order valence-electron chi connectivity index (χ3n) is 2.39. The first kappa shape index (κ1) is 16.1. The molecule has 0 saturated carbocycles. The van der Waals surface area contributed by atoms with Crippen molar-refractivity contribution in [3.05, 3.63) is 29.8 Å². The maximum Gasteiger partial charge on any atom is 0.329 e. The summed E-state index contributed by atoms with van der Waals surface area (Å²) in [5.41, 5.74) is -1.01. The minimum absolute atomic E-state index is 0.163. The summed E-state index contributed by atoms with van der Waals surface area (Å²) in [5, 5.41) is 18.0. The zero-order chi connectivity index (χ0) is 15.2. The third-order valence-corrected chi connectivity index (χ3v) is 2.39. The van der Waals surface area contributed by atoms with Gasteiger partial charge in [-0.15, -0.1) is 0 Å². The predicted octanol–water partition coefficient (Wildman–Crippen LogP) is 1.12. The van der Waals surface area contributed by atoms with Gasteiger partial charge in [0.15, 0.2) is 5.78 Å². The van der Waals surface area contributed by atoms with Crippen LogP contribution in [0.1, 0.15) is 24.2 Å². The zero-order valence-corrected chi connectivity index (χ0v) is 11.5. The Labute approximate surface area is 116 Å². The summed E-state index contributed by atoms with van der Waals surface area (Å²) in [5.74, 6) is -0.857. The van der Waals surface area contributed by atoms with Crippen molar-refractivity contribution in [3.63, 3.8) is 0 Å². The van der Waals surface area contributed by atoms with Gasteiger partial charge in [-0.25, -0.2) is 4.79 Å². The molecule has 0 amide bonds. The number of carboxylic acid groups (broad SMARTS) is 1. The summed E-state index contributed by atoms with van der Waals surface area (Å²) < 4.78 is 10.1. The highest BCUT2D eigenvalue weighted by Crippen LogP contribution is 2.17. The second-order valence-corrected chi connectivity index (χ2v) is 4.71. The third kappa shape index (κ3) is 5.38. The van der Waals surface area contributed by atoms with Crippen molar-refractivity contribution in [3.8, 4) is 5.75 Å². The first-order valence-electron chi connectivity index (χ1n) is 6.10. The Morgan fingerprint density at radius 2 is 1.75 bits per heavy atom. The predicted molar refractivity (Wildman–Crippen MR) is 71.0 cm³/mol. The number of aliphatic hydroxyl groups is 1. The highest BCUT2D eigenvalue weighted by Gasteiger charge is 2.24. The molecule has 0 aromatic heterocycles. The van der Waals surface area contributed by atoms with Gasteiger partial charge in [0.25, 0.3) is 0 Å². The Kier molecular flexibility index (Phi) is 5.66. The Morgan fingerprint density at radius 1 is 1.15 bits per heavy atom. The lowest BCUT2D eigenvalue weighted by molar-refractivity contribution is -0.142. The number of ether oxygens (including phenoxy) is 2. The van der Waals surface area contributed by atoms with E-state index in [4.69, 9.17) is 14.6 Å². The fraction of sp³-hybridized carbons (Fsp3) is 0.429. The van der Waals surface area contributed by atoms with E-state index in [-0.39, 0.29) is 25.6 Å². The Balaban J connectivity index is 2.43. The fourth-order valence-corrected chi connectivity index (χ4v) is 1.43. The molecule has 2 N–H and O–H groups in total. The van der Waals surface area contributed by atoms with E-state index in [1.165, 1.54) is 13.8 Å². The molecule has 0 saturated heterocycles. The van der Waals surface area contributed by atoms with Crippen molar-refractivity contribution in [2.45, 2.75) is 19.4 Å². The smallest absolute Gasteiger partial charge is 0.329 e. The SMILES string of the molecule is CC(C)(O)C(=O)c1ccc(OCCOCC(=O)O)cc1. The topological polar surface area (TPSA) is 93.1 Å². The number of aliphatic carboxylic acids is 1. The lowest BCUT2D eigenvalue weighted by atomic mass is 9.97. The van der Waals surface area contributed by atoms with Crippen LogP contribution in [0.2, 0.25) is 0 Å². The van der Waals surface area contributed by atoms with E-state index in [0.717, 1.165) is 0 Å². The molecule has 1 aromatic carbocycles. The molecule has 0 atom stereocenters. The molecule has 0 heterocycles. The maximum absolute atomic E-state index is 11.8. The molecule has 0 aliphatic carbocycles. The van der Waals surface area contributed by atoms with Crippen LogP contribution < -0.4 is 4.74 Å². The Bertz CT molecular complexity index is 458. The van der Waals surface area contributed by atoms with Crippen LogP contribution in [0.25, 0.3) is 0 Å². The van der Waals surface area contributed by atoms with Crippen LogP contribution in [-0.4, -0.2) is 47.4 Å². The van der Waals surface area contributed by atoms with E-state index in [0.29, 0.717) is 11.3 Å². The molecule has 0 spiro atoms. The van der Waals surface area contributed by atoms with Crippen LogP contribution in [0.15, 0.2) is 24.3 Å². The number of carbonyl (C=O) groups excluding carboxylic acids is 1. The number of Topliss-reactive ketones (excluding diaryl/α,β-unsaturated/α-hetero) is 1. The van der Waals surface area contributed by atoms with Crippen LogP contribution in [-0.2, 0) is 9.53 Å². The lowest BCUT2D eigenvalue weighted by Crippen LogP contribution is -2.30. The highest BCUT2D eigenvalue weighted by molar-refractivity contribution is 6.01. The number of rotatable bonds is 8. The van der Waals surface area contributed by atoms with E-state index in [9.17, 15) is 14.7 Å². The molecule has 0 aliphatic rings. The van der Waals surface area contributed by atoms with E-state index in [1.54, 1.807) is 24.3 Å². The minimum Gasteiger partial charge on any atom is -0.491 e. The zero-order valence-electron chi connectivity index (χ0n) is 11.5. The molecule has 1 aromatic rings. The summed E-state index contributed by atoms with van der Waals surface area (Å²) in [6.45, 7) is 2.88. The van der Waals surface area contributed by atoms with Gasteiger partial charge in [0.2, 0.25) is 0 Å². The minimum atomic E-state index is -1.41. The van der Waals surface area contributed by atoms with Crippen molar-refractivity contribution in [1.82, 2.24) is 0 Å². The molecule has 0 bridgehead atoms. The van der Waals surface area contributed by atoms with Crippen molar-refractivity contribution >= 4 is 11.8 Å². The van der Waals surface area contributed by atoms with Crippen molar-refractivity contribution in [1.29, 1.82) is 0 Å². The van der Waals surface area contributed by atoms with Crippen LogP contribution in [0.3, 0.4) is 0 Å². The second kappa shape index (κ2) is 7.02. The van der Waals surface area contributed by atoms with Gasteiger partial charge < -0.3 is 19.7 Å². The summed E-state index contributed by atoms with van der Waals surface area (Å²) >= 11 is 0. The fourth-order valence-electron chi connectivity index (χ4n) is 1.43. The number of carboxylic acids is 1. The van der Waals surface area contributed by atoms with Crippen LogP contribution in [0.4, 0.5) is 0 Å². The van der Waals surface area contributed by atoms with Gasteiger partial charge in [0.05, 0.1) is 6.61 Å². The summed E-state index contributed by atoms with van der Waals surface area (Å²) in [6, 6.07) is 6.34. The molecule has 6 heteroatoms. The van der Waals surface area contributed by atoms with E-state index < -0.39 is 11.6 Å². The molecule has 6 nitrogen and oxygen atoms in total. The lowest BCUT2D eigenvalue weighted by Gasteiger charge is -2.15. The molecule has 0 fully saturated rings. The van der Waals surface area contributed by atoms with Crippen molar-refractivity contribution < 1.29 is 29.3 Å². The van der Waals surface area contributed by atoms with Crippen LogP contribution >= 0.6 is 0 Å². The van der Waals surface area contributed by atoms with Crippen molar-refractivity contribution in [2.75, 3.05) is 19.8 Å². The van der Waals surface area contributed by atoms with Crippen molar-refractivity contribution in [2.24, 2.45) is 0 Å². The summed E-state index contributed by atoms with van der Waals surface area (Å²) in [7, 11) is 0. The Hall–Kier alpha value is -1.92. The number of ketones is 1. The monoisotopic (exact) mass is 282 g/mol. The maximum atomic E-state index is 11.8. The standard InChI is InChI=1S/C14H18O6/c1-14(2,18)13(17)10-3-5-11(6-4-10)20-8-7-19-9-12(15)16/h3-6,18H,7-9H2,1-2H3,(H,15,16). The quantitative estimate of drug-likeness (QED) is 0.548. The van der Waals surface area contributed by atoms with E-state index in [2.05, 4.69) is 0 Å². The average molecular weight is 282 g/mol. The molecular formula is C14H18O6. The van der Waals surface area contributed by atoms with Gasteiger partial charge in [-0.05, 0) is 38.1 Å². The van der Waals surface area contributed by atoms with Gasteiger partial charge in [-0.2, -0.15) is 0 Å². The molecule has 0 unspecified atom stereocenters. The normalized spacial score (nSPS) is 11.2. The van der Waals surface area contributed by atoms with Gasteiger partial charge in [-0.1, -0.05) is 0 Å². The first-order chi connectivity index (χ1) is 9.30. The largest absolute Gasteiger partial charge is 0.491 e. The number of hydrogen-bond donors (Lipinski definition) is 2. The Morgan fingerprint density at radius 3 is 2.25 bits per heavy atom. The molecule has 1 rings (SSSR count). The molecular weight excluding hydrogens is 264 g/mol. The van der Waals surface area contributed by atoms with Crippen LogP contribution in [0, 0.1) is 0 Å². The van der Waals surface area contributed by atoms with E-state index >= 15 is 0 Å². The van der Waals surface area contributed by atoms with Gasteiger partial charge in [0.1, 0.15) is 24.6 Å². The van der Waals surface area contributed by atoms with E-state index in [1.807, 2.05) is 0 Å². The summed E-state index contributed by atoms with van der Waals surface area (Å²) in [6.07, 6.45) is 0. The molecule has 0 aliphatic heterocycles. The average Bonchev–Trinajstić information content (AvgIpc) is 2.37. The number of benzene rings is 1. The summed E-state index contributed by atoms with van der Waals surface area (Å²) in [4.78, 5) is 22.0.